The minimum Gasteiger partial charge on any atom is -0.376 e. The minimum absolute atomic E-state index is 0.332. The van der Waals surface area contributed by atoms with Crippen LogP contribution in [-0.4, -0.2) is 19.7 Å². The van der Waals surface area contributed by atoms with Crippen molar-refractivity contribution in [2.24, 2.45) is 11.8 Å². The van der Waals surface area contributed by atoms with Crippen LogP contribution in [0.4, 0.5) is 0 Å². The molecule has 1 heterocycles. The second kappa shape index (κ2) is 4.67. The van der Waals surface area contributed by atoms with Gasteiger partial charge in [0.2, 0.25) is 0 Å². The molecular weight excluding hydrogens is 222 g/mol. The summed E-state index contributed by atoms with van der Waals surface area (Å²) in [4.78, 5) is 0. The molecule has 1 saturated carbocycles. The topological polar surface area (TPSA) is 21.3 Å². The zero-order valence-electron chi connectivity index (χ0n) is 11.4. The molecule has 2 heteroatoms. The average Bonchev–Trinajstić information content (AvgIpc) is 3.03. The van der Waals surface area contributed by atoms with Gasteiger partial charge < -0.3 is 10.1 Å². The number of fused-ring (bicyclic) bond motifs is 2. The van der Waals surface area contributed by atoms with E-state index in [0.29, 0.717) is 5.41 Å². The Morgan fingerprint density at radius 2 is 2.22 bits per heavy atom. The predicted molar refractivity (Wildman–Crippen MR) is 73.6 cm³/mol. The van der Waals surface area contributed by atoms with Crippen LogP contribution >= 0.6 is 0 Å². The molecule has 1 N–H and O–H groups in total. The van der Waals surface area contributed by atoms with Crippen molar-refractivity contribution in [3.8, 4) is 0 Å². The van der Waals surface area contributed by atoms with E-state index in [0.717, 1.165) is 38.1 Å². The first kappa shape index (κ1) is 12.2. The molecule has 0 saturated heterocycles. The highest BCUT2D eigenvalue weighted by atomic mass is 16.5. The molecule has 2 nitrogen and oxygen atoms in total. The molecule has 1 aromatic carbocycles. The quantitative estimate of drug-likeness (QED) is 0.880. The molecule has 0 amide bonds. The molecule has 1 fully saturated rings. The first-order valence-corrected chi connectivity index (χ1v) is 7.09. The van der Waals surface area contributed by atoms with Gasteiger partial charge in [0.15, 0.2) is 0 Å². The van der Waals surface area contributed by atoms with Crippen molar-refractivity contribution in [2.75, 3.05) is 19.7 Å². The highest BCUT2D eigenvalue weighted by Gasteiger charge is 2.56. The van der Waals surface area contributed by atoms with Crippen molar-refractivity contribution in [3.05, 3.63) is 35.4 Å². The fraction of sp³-hybridized carbons (Fsp3) is 0.625. The lowest BCUT2D eigenvalue weighted by molar-refractivity contribution is 0.0790. The van der Waals surface area contributed by atoms with E-state index in [2.05, 4.69) is 43.4 Å². The van der Waals surface area contributed by atoms with Gasteiger partial charge in [-0.25, -0.2) is 0 Å². The number of ether oxygens (including phenoxy) is 1. The second-order valence-corrected chi connectivity index (χ2v) is 6.26. The van der Waals surface area contributed by atoms with E-state index >= 15 is 0 Å². The van der Waals surface area contributed by atoms with Crippen molar-refractivity contribution in [1.29, 1.82) is 0 Å². The summed E-state index contributed by atoms with van der Waals surface area (Å²) in [6.07, 6.45) is 1.29. The standard InChI is InChI=1S/C16H23NO/c1-12(2)8-17-9-14-7-16(14)11-18-10-13-5-3-4-6-15(13)16/h3-6,12,14,17H,7-11H2,1-2H3. The molecule has 1 spiro atoms. The molecule has 1 aliphatic carbocycles. The third-order valence-corrected chi connectivity index (χ3v) is 4.35. The van der Waals surface area contributed by atoms with Crippen LogP contribution in [0.1, 0.15) is 31.4 Å². The zero-order valence-corrected chi connectivity index (χ0v) is 11.4. The van der Waals surface area contributed by atoms with Gasteiger partial charge in [-0.1, -0.05) is 38.1 Å². The summed E-state index contributed by atoms with van der Waals surface area (Å²) in [6, 6.07) is 8.81. The van der Waals surface area contributed by atoms with E-state index in [1.807, 2.05) is 0 Å². The molecule has 2 unspecified atom stereocenters. The van der Waals surface area contributed by atoms with Gasteiger partial charge in [0.1, 0.15) is 0 Å². The van der Waals surface area contributed by atoms with Crippen LogP contribution in [0.2, 0.25) is 0 Å². The van der Waals surface area contributed by atoms with Crippen molar-refractivity contribution >= 4 is 0 Å². The lowest BCUT2D eigenvalue weighted by atomic mass is 9.88. The molecule has 2 atom stereocenters. The highest BCUT2D eigenvalue weighted by molar-refractivity contribution is 5.41. The van der Waals surface area contributed by atoms with Crippen LogP contribution in [0, 0.1) is 11.8 Å². The van der Waals surface area contributed by atoms with Crippen LogP contribution in [0.15, 0.2) is 24.3 Å². The third kappa shape index (κ3) is 2.08. The summed E-state index contributed by atoms with van der Waals surface area (Å²) in [5, 5.41) is 3.59. The third-order valence-electron chi connectivity index (χ3n) is 4.35. The average molecular weight is 245 g/mol. The zero-order chi connectivity index (χ0) is 12.6. The smallest absolute Gasteiger partial charge is 0.0720 e. The molecule has 0 bridgehead atoms. The van der Waals surface area contributed by atoms with Crippen LogP contribution in [0.3, 0.4) is 0 Å². The molecule has 1 aliphatic heterocycles. The van der Waals surface area contributed by atoms with Crippen molar-refractivity contribution in [1.82, 2.24) is 5.32 Å². The van der Waals surface area contributed by atoms with Gasteiger partial charge in [0.05, 0.1) is 13.2 Å². The van der Waals surface area contributed by atoms with Crippen LogP contribution in [0.25, 0.3) is 0 Å². The maximum absolute atomic E-state index is 5.80. The SMILES string of the molecule is CC(C)CNCC1CC12COCc1ccccc12. The minimum atomic E-state index is 0.332. The van der Waals surface area contributed by atoms with E-state index in [4.69, 9.17) is 4.74 Å². The first-order valence-electron chi connectivity index (χ1n) is 7.09. The second-order valence-electron chi connectivity index (χ2n) is 6.26. The maximum atomic E-state index is 5.80. The van der Waals surface area contributed by atoms with Gasteiger partial charge in [0.25, 0.3) is 0 Å². The van der Waals surface area contributed by atoms with E-state index in [1.54, 1.807) is 5.56 Å². The molecule has 0 radical (unpaired) electrons. The highest BCUT2D eigenvalue weighted by Crippen LogP contribution is 2.56. The maximum Gasteiger partial charge on any atom is 0.0720 e. The summed E-state index contributed by atoms with van der Waals surface area (Å²) in [5.74, 6) is 1.49. The van der Waals surface area contributed by atoms with Gasteiger partial charge in [-0.05, 0) is 42.5 Å². The van der Waals surface area contributed by atoms with Gasteiger partial charge >= 0.3 is 0 Å². The lowest BCUT2D eigenvalue weighted by Crippen LogP contribution is -2.30. The molecule has 3 rings (SSSR count). The Hall–Kier alpha value is -0.860. The summed E-state index contributed by atoms with van der Waals surface area (Å²) in [6.45, 7) is 8.48. The lowest BCUT2D eigenvalue weighted by Gasteiger charge is -2.27. The van der Waals surface area contributed by atoms with Crippen molar-refractivity contribution in [3.63, 3.8) is 0 Å². The van der Waals surface area contributed by atoms with Crippen molar-refractivity contribution in [2.45, 2.75) is 32.3 Å². The summed E-state index contributed by atoms with van der Waals surface area (Å²) >= 11 is 0. The summed E-state index contributed by atoms with van der Waals surface area (Å²) < 4.78 is 5.80. The van der Waals surface area contributed by atoms with Gasteiger partial charge in [-0.2, -0.15) is 0 Å². The normalized spacial score (nSPS) is 29.6. The first-order chi connectivity index (χ1) is 8.72. The Morgan fingerprint density at radius 1 is 1.39 bits per heavy atom. The predicted octanol–water partition coefficient (Wildman–Crippen LogP) is 2.72. The molecular formula is C16H23NO. The van der Waals surface area contributed by atoms with Gasteiger partial charge in [-0.3, -0.25) is 0 Å². The van der Waals surface area contributed by atoms with Crippen LogP contribution in [-0.2, 0) is 16.8 Å². The number of nitrogens with one attached hydrogen (secondary N) is 1. The van der Waals surface area contributed by atoms with Gasteiger partial charge in [0, 0.05) is 5.41 Å². The summed E-state index contributed by atoms with van der Waals surface area (Å²) in [7, 11) is 0. The fourth-order valence-corrected chi connectivity index (χ4v) is 3.25. The van der Waals surface area contributed by atoms with Crippen LogP contribution < -0.4 is 5.32 Å². The largest absolute Gasteiger partial charge is 0.376 e. The molecule has 1 aromatic rings. The fourth-order valence-electron chi connectivity index (χ4n) is 3.25. The number of hydrogen-bond acceptors (Lipinski definition) is 2. The van der Waals surface area contributed by atoms with Gasteiger partial charge in [-0.15, -0.1) is 0 Å². The Kier molecular flexibility index (Phi) is 3.16. The summed E-state index contributed by atoms with van der Waals surface area (Å²) in [5.41, 5.74) is 3.28. The molecule has 0 aromatic heterocycles. The number of rotatable bonds is 4. The molecule has 2 aliphatic rings. The van der Waals surface area contributed by atoms with Crippen molar-refractivity contribution < 1.29 is 4.74 Å². The Labute approximate surface area is 110 Å². The van der Waals surface area contributed by atoms with E-state index in [9.17, 15) is 0 Å². The van der Waals surface area contributed by atoms with E-state index in [1.165, 1.54) is 12.0 Å². The Bertz CT molecular complexity index is 429. The monoisotopic (exact) mass is 245 g/mol. The van der Waals surface area contributed by atoms with E-state index < -0.39 is 0 Å². The van der Waals surface area contributed by atoms with Crippen LogP contribution in [0.5, 0.6) is 0 Å². The van der Waals surface area contributed by atoms with E-state index in [-0.39, 0.29) is 0 Å². The Balaban J connectivity index is 1.68. The molecule has 18 heavy (non-hydrogen) atoms. The number of benzene rings is 1. The molecule has 98 valence electrons. The Morgan fingerprint density at radius 3 is 3.06 bits per heavy atom. The number of hydrogen-bond donors (Lipinski definition) is 1.